The number of fused-ring (bicyclic) bond motifs is 1. The highest BCUT2D eigenvalue weighted by Gasteiger charge is 2.23. The van der Waals surface area contributed by atoms with Gasteiger partial charge in [0.05, 0.1) is 17.1 Å². The number of nitrogens with one attached hydrogen (secondary N) is 3. The van der Waals surface area contributed by atoms with Gasteiger partial charge in [0.2, 0.25) is 5.91 Å². The normalized spacial score (nSPS) is 12.4. The molecule has 4 rings (SSSR count). The number of H-pyrrole nitrogens is 2. The molecule has 0 saturated carbocycles. The van der Waals surface area contributed by atoms with Gasteiger partial charge in [-0.05, 0) is 37.2 Å². The molecule has 1 unspecified atom stereocenters. The Kier molecular flexibility index (Phi) is 5.50. The number of imidazole rings is 1. The highest BCUT2D eigenvalue weighted by atomic mass is 32.1. The molecule has 3 N–H and O–H groups in total. The molecule has 4 aromatic rings. The molecule has 0 bridgehead atoms. The second-order valence-electron chi connectivity index (χ2n) is 7.73. The van der Waals surface area contributed by atoms with Crippen molar-refractivity contribution in [1.29, 1.82) is 0 Å². The number of rotatable bonds is 6. The first kappa shape index (κ1) is 20.0. The lowest BCUT2D eigenvalue weighted by Gasteiger charge is -2.20. The van der Waals surface area contributed by atoms with Gasteiger partial charge in [-0.25, -0.2) is 4.98 Å². The molecule has 0 aliphatic rings. The Labute approximate surface area is 179 Å². The second kappa shape index (κ2) is 8.23. The third-order valence-electron chi connectivity index (χ3n) is 5.06. The summed E-state index contributed by atoms with van der Waals surface area (Å²) in [5.41, 5.74) is 3.89. The minimum Gasteiger partial charge on any atom is -0.344 e. The lowest BCUT2D eigenvalue weighted by atomic mass is 10.0. The molecule has 2 aromatic carbocycles. The Morgan fingerprint density at radius 1 is 1.17 bits per heavy atom. The molecular formula is C22H24N6OS. The average Bonchev–Trinajstić information content (AvgIpc) is 3.30. The van der Waals surface area contributed by atoms with Crippen LogP contribution in [0.5, 0.6) is 0 Å². The fraction of sp³-hybridized carbons (Fsp3) is 0.273. The van der Waals surface area contributed by atoms with Gasteiger partial charge in [0.15, 0.2) is 10.6 Å². The van der Waals surface area contributed by atoms with E-state index in [2.05, 4.69) is 39.3 Å². The van der Waals surface area contributed by atoms with Crippen LogP contribution in [-0.2, 0) is 11.3 Å². The van der Waals surface area contributed by atoms with Crippen molar-refractivity contribution in [2.24, 2.45) is 5.92 Å². The van der Waals surface area contributed by atoms with Gasteiger partial charge in [-0.2, -0.15) is 5.10 Å². The number of carbonyl (C=O) groups is 1. The van der Waals surface area contributed by atoms with Crippen molar-refractivity contribution in [3.63, 3.8) is 0 Å². The van der Waals surface area contributed by atoms with Crippen LogP contribution in [0.4, 0.5) is 0 Å². The Bertz CT molecular complexity index is 1200. The topological polar surface area (TPSA) is 91.4 Å². The summed E-state index contributed by atoms with van der Waals surface area (Å²) in [6.45, 7) is 6.21. The van der Waals surface area contributed by atoms with Crippen molar-refractivity contribution in [3.05, 3.63) is 64.7 Å². The maximum atomic E-state index is 12.9. The van der Waals surface area contributed by atoms with E-state index in [9.17, 15) is 4.79 Å². The van der Waals surface area contributed by atoms with Gasteiger partial charge < -0.3 is 10.3 Å². The van der Waals surface area contributed by atoms with Crippen LogP contribution in [0.1, 0.15) is 31.3 Å². The molecule has 0 spiro atoms. The van der Waals surface area contributed by atoms with Gasteiger partial charge in [-0.15, -0.1) is 0 Å². The summed E-state index contributed by atoms with van der Waals surface area (Å²) >= 11 is 5.37. The van der Waals surface area contributed by atoms with Crippen molar-refractivity contribution in [1.82, 2.24) is 30.0 Å². The molecule has 30 heavy (non-hydrogen) atoms. The fourth-order valence-electron chi connectivity index (χ4n) is 3.42. The summed E-state index contributed by atoms with van der Waals surface area (Å²) in [7, 11) is 0. The molecule has 1 atom stereocenters. The van der Waals surface area contributed by atoms with Crippen LogP contribution in [0.25, 0.3) is 22.4 Å². The standard InChI is InChI=1S/C22H24N6OS/c1-13(2)19(20-23-16-6-4-5-7-17(16)24-20)25-18(29)12-28-21(26-27-22(28)30)15-10-8-14(3)9-11-15/h4-11,13,19H,12H2,1-3H3,(H,23,24)(H,25,29)(H,27,30). The van der Waals surface area contributed by atoms with Gasteiger partial charge in [0, 0.05) is 5.56 Å². The van der Waals surface area contributed by atoms with Gasteiger partial charge in [-0.3, -0.25) is 14.5 Å². The van der Waals surface area contributed by atoms with Crippen molar-refractivity contribution < 1.29 is 4.79 Å². The number of hydrogen-bond acceptors (Lipinski definition) is 4. The predicted molar refractivity (Wildman–Crippen MR) is 119 cm³/mol. The molecular weight excluding hydrogens is 396 g/mol. The quantitative estimate of drug-likeness (QED) is 0.406. The maximum Gasteiger partial charge on any atom is 0.240 e. The molecule has 2 heterocycles. The smallest absolute Gasteiger partial charge is 0.240 e. The second-order valence-corrected chi connectivity index (χ2v) is 8.12. The monoisotopic (exact) mass is 420 g/mol. The number of para-hydroxylation sites is 2. The van der Waals surface area contributed by atoms with Crippen LogP contribution >= 0.6 is 12.2 Å². The third-order valence-corrected chi connectivity index (χ3v) is 5.37. The Balaban J connectivity index is 1.57. The Morgan fingerprint density at radius 3 is 2.60 bits per heavy atom. The molecule has 0 saturated heterocycles. The third kappa shape index (κ3) is 4.04. The first-order chi connectivity index (χ1) is 14.4. The van der Waals surface area contributed by atoms with Crippen molar-refractivity contribution in [3.8, 4) is 11.4 Å². The summed E-state index contributed by atoms with van der Waals surface area (Å²) in [5, 5.41) is 10.2. The van der Waals surface area contributed by atoms with E-state index in [4.69, 9.17) is 12.2 Å². The minimum absolute atomic E-state index is 0.0714. The van der Waals surface area contributed by atoms with Gasteiger partial charge >= 0.3 is 0 Å². The van der Waals surface area contributed by atoms with Crippen LogP contribution in [0.3, 0.4) is 0 Å². The van der Waals surface area contributed by atoms with E-state index < -0.39 is 0 Å². The number of hydrogen-bond donors (Lipinski definition) is 3. The molecule has 0 radical (unpaired) electrons. The van der Waals surface area contributed by atoms with Gasteiger partial charge in [0.1, 0.15) is 12.4 Å². The number of nitrogens with zero attached hydrogens (tertiary/aromatic N) is 3. The molecule has 0 fully saturated rings. The zero-order valence-electron chi connectivity index (χ0n) is 17.1. The van der Waals surface area contributed by atoms with Crippen LogP contribution in [0.15, 0.2) is 48.5 Å². The fourth-order valence-corrected chi connectivity index (χ4v) is 3.62. The molecule has 8 heteroatoms. The van der Waals surface area contributed by atoms with E-state index in [1.807, 2.05) is 55.5 Å². The average molecular weight is 421 g/mol. The molecule has 7 nitrogen and oxygen atoms in total. The number of aryl methyl sites for hydroxylation is 1. The SMILES string of the molecule is Cc1ccc(-c2n[nH]c(=S)n2CC(=O)NC(c2nc3ccccc3[nH]2)C(C)C)cc1. The van der Waals surface area contributed by atoms with Crippen LogP contribution in [0.2, 0.25) is 0 Å². The first-order valence-corrected chi connectivity index (χ1v) is 10.3. The van der Waals surface area contributed by atoms with Crippen LogP contribution in [-0.4, -0.2) is 30.6 Å². The zero-order chi connectivity index (χ0) is 21.3. The zero-order valence-corrected chi connectivity index (χ0v) is 18.0. The molecule has 1 amide bonds. The van der Waals surface area contributed by atoms with E-state index in [-0.39, 0.29) is 24.4 Å². The molecule has 2 aromatic heterocycles. The minimum atomic E-state index is -0.242. The highest BCUT2D eigenvalue weighted by molar-refractivity contribution is 7.71. The number of aromatic amines is 2. The number of aromatic nitrogens is 5. The van der Waals surface area contributed by atoms with E-state index in [1.165, 1.54) is 0 Å². The molecule has 0 aliphatic heterocycles. The molecule has 0 aliphatic carbocycles. The van der Waals surface area contributed by atoms with Crippen molar-refractivity contribution in [2.75, 3.05) is 0 Å². The van der Waals surface area contributed by atoms with E-state index in [0.29, 0.717) is 10.6 Å². The van der Waals surface area contributed by atoms with Crippen LogP contribution < -0.4 is 5.32 Å². The van der Waals surface area contributed by atoms with Gasteiger partial charge in [-0.1, -0.05) is 55.8 Å². The highest BCUT2D eigenvalue weighted by Crippen LogP contribution is 2.23. The predicted octanol–water partition coefficient (Wildman–Crippen LogP) is 4.31. The van der Waals surface area contributed by atoms with Gasteiger partial charge in [0.25, 0.3) is 0 Å². The molecule has 154 valence electrons. The number of amides is 1. The van der Waals surface area contributed by atoms with Crippen LogP contribution in [0, 0.1) is 17.6 Å². The summed E-state index contributed by atoms with van der Waals surface area (Å²) < 4.78 is 2.12. The Hall–Kier alpha value is -3.26. The summed E-state index contributed by atoms with van der Waals surface area (Å²) in [5.74, 6) is 1.39. The summed E-state index contributed by atoms with van der Waals surface area (Å²) in [6, 6.07) is 15.6. The van der Waals surface area contributed by atoms with E-state index in [1.54, 1.807) is 4.57 Å². The van der Waals surface area contributed by atoms with Crippen molar-refractivity contribution in [2.45, 2.75) is 33.4 Å². The van der Waals surface area contributed by atoms with Crippen molar-refractivity contribution >= 4 is 29.2 Å². The largest absolute Gasteiger partial charge is 0.344 e. The van der Waals surface area contributed by atoms with E-state index in [0.717, 1.165) is 28.0 Å². The summed E-state index contributed by atoms with van der Waals surface area (Å²) in [4.78, 5) is 20.9. The van der Waals surface area contributed by atoms with E-state index >= 15 is 0 Å². The first-order valence-electron chi connectivity index (χ1n) is 9.88. The summed E-state index contributed by atoms with van der Waals surface area (Å²) in [6.07, 6.45) is 0. The lowest BCUT2D eigenvalue weighted by Crippen LogP contribution is -2.35. The Morgan fingerprint density at radius 2 is 1.90 bits per heavy atom. The lowest BCUT2D eigenvalue weighted by molar-refractivity contribution is -0.122. The number of benzene rings is 2. The number of carbonyl (C=O) groups excluding carboxylic acids is 1. The maximum absolute atomic E-state index is 12.9.